The van der Waals surface area contributed by atoms with Crippen LogP contribution in [0.2, 0.25) is 0 Å². The van der Waals surface area contributed by atoms with Crippen LogP contribution in [0.4, 0.5) is 0 Å². The summed E-state index contributed by atoms with van der Waals surface area (Å²) in [5, 5.41) is 11.4. The van der Waals surface area contributed by atoms with Gasteiger partial charge in [0.05, 0.1) is 0 Å². The number of allylic oxidation sites excluding steroid dienone is 6. The second-order valence-electron chi connectivity index (χ2n) is 6.03. The summed E-state index contributed by atoms with van der Waals surface area (Å²) in [6, 6.07) is 0.0104. The van der Waals surface area contributed by atoms with Crippen LogP contribution in [0.5, 0.6) is 0 Å². The van der Waals surface area contributed by atoms with Gasteiger partial charge in [0.15, 0.2) is 12.3 Å². The van der Waals surface area contributed by atoms with Crippen molar-refractivity contribution in [3.05, 3.63) is 40.2 Å². The van der Waals surface area contributed by atoms with E-state index in [9.17, 15) is 5.21 Å². The van der Waals surface area contributed by atoms with Crippen molar-refractivity contribution in [2.24, 2.45) is 0 Å². The molecule has 0 spiro atoms. The standard InChI is InChI=1S/C18H31NO/c1-15(2)9-7-10-17(5)11-8-12-18(6)13-14-19(20)16(3)4/h9,11,13-14,16H,7-8,10,12H2,1-6H3/b17-11?,18-13+,19-14?. The molecule has 0 rings (SSSR count). The van der Waals surface area contributed by atoms with E-state index < -0.39 is 0 Å². The number of rotatable bonds is 8. The first-order valence-electron chi connectivity index (χ1n) is 7.58. The Morgan fingerprint density at radius 2 is 1.50 bits per heavy atom. The average Bonchev–Trinajstić information content (AvgIpc) is 2.35. The molecule has 2 heteroatoms. The zero-order valence-electron chi connectivity index (χ0n) is 14.1. The minimum absolute atomic E-state index is 0.0104. The Morgan fingerprint density at radius 1 is 0.950 bits per heavy atom. The fourth-order valence-corrected chi connectivity index (χ4v) is 1.69. The van der Waals surface area contributed by atoms with E-state index >= 15 is 0 Å². The van der Waals surface area contributed by atoms with Crippen LogP contribution in [0, 0.1) is 5.21 Å². The van der Waals surface area contributed by atoms with E-state index in [1.807, 2.05) is 19.9 Å². The summed E-state index contributed by atoms with van der Waals surface area (Å²) in [5.41, 5.74) is 4.09. The zero-order chi connectivity index (χ0) is 15.5. The van der Waals surface area contributed by atoms with Gasteiger partial charge < -0.3 is 5.21 Å². The molecule has 0 aromatic heterocycles. The molecule has 0 fully saturated rings. The highest BCUT2D eigenvalue weighted by Gasteiger charge is 1.97. The first-order chi connectivity index (χ1) is 9.32. The van der Waals surface area contributed by atoms with Gasteiger partial charge in [-0.15, -0.1) is 0 Å². The smallest absolute Gasteiger partial charge is 0.174 e. The Labute approximate surface area is 125 Å². The van der Waals surface area contributed by atoms with Crippen LogP contribution >= 0.6 is 0 Å². The minimum Gasteiger partial charge on any atom is -0.624 e. The topological polar surface area (TPSA) is 26.1 Å². The molecule has 0 aliphatic rings. The van der Waals surface area contributed by atoms with Crippen LogP contribution in [-0.4, -0.2) is 17.0 Å². The Morgan fingerprint density at radius 3 is 2.05 bits per heavy atom. The van der Waals surface area contributed by atoms with E-state index in [0.29, 0.717) is 0 Å². The Bertz CT molecular complexity index is 394. The molecular weight excluding hydrogens is 246 g/mol. The molecule has 0 unspecified atom stereocenters. The maximum absolute atomic E-state index is 11.4. The van der Waals surface area contributed by atoms with Crippen molar-refractivity contribution in [3.8, 4) is 0 Å². The summed E-state index contributed by atoms with van der Waals surface area (Å²) in [6.07, 6.45) is 12.5. The van der Waals surface area contributed by atoms with Crippen LogP contribution in [0.15, 0.2) is 34.9 Å². The maximum Gasteiger partial charge on any atom is 0.174 e. The van der Waals surface area contributed by atoms with Gasteiger partial charge in [-0.2, -0.15) is 0 Å². The lowest BCUT2D eigenvalue weighted by molar-refractivity contribution is -0.486. The highest BCUT2D eigenvalue weighted by atomic mass is 16.5. The third kappa shape index (κ3) is 10.6. The van der Waals surface area contributed by atoms with Crippen LogP contribution in [0.3, 0.4) is 0 Å². The fraction of sp³-hybridized carbons (Fsp3) is 0.611. The molecule has 0 bridgehead atoms. The number of hydrogen-bond acceptors (Lipinski definition) is 1. The van der Waals surface area contributed by atoms with E-state index in [0.717, 1.165) is 30.4 Å². The monoisotopic (exact) mass is 277 g/mol. The van der Waals surface area contributed by atoms with Gasteiger partial charge in [0.1, 0.15) is 0 Å². The molecule has 0 aliphatic carbocycles. The fourth-order valence-electron chi connectivity index (χ4n) is 1.69. The Balaban J connectivity index is 4.12. The van der Waals surface area contributed by atoms with E-state index in [-0.39, 0.29) is 6.04 Å². The molecule has 20 heavy (non-hydrogen) atoms. The van der Waals surface area contributed by atoms with E-state index in [2.05, 4.69) is 39.8 Å². The second kappa shape index (κ2) is 10.5. The predicted molar refractivity (Wildman–Crippen MR) is 90.2 cm³/mol. The molecule has 0 radical (unpaired) electrons. The molecule has 2 nitrogen and oxygen atoms in total. The molecule has 0 heterocycles. The molecule has 0 saturated carbocycles. The maximum atomic E-state index is 11.4. The van der Waals surface area contributed by atoms with Crippen molar-refractivity contribution in [2.75, 3.05) is 0 Å². The molecule has 0 amide bonds. The van der Waals surface area contributed by atoms with Crippen LogP contribution in [0.1, 0.15) is 67.2 Å². The Hall–Kier alpha value is -1.31. The summed E-state index contributed by atoms with van der Waals surface area (Å²) in [7, 11) is 0. The van der Waals surface area contributed by atoms with Gasteiger partial charge in [0.2, 0.25) is 0 Å². The number of nitrogens with zero attached hydrogens (tertiary/aromatic N) is 1. The van der Waals surface area contributed by atoms with Gasteiger partial charge in [-0.3, -0.25) is 0 Å². The van der Waals surface area contributed by atoms with Crippen LogP contribution in [0.25, 0.3) is 0 Å². The molecule has 0 saturated heterocycles. The molecule has 0 N–H and O–H groups in total. The lowest BCUT2D eigenvalue weighted by Crippen LogP contribution is -2.13. The molecule has 0 aliphatic heterocycles. The number of hydrogen-bond donors (Lipinski definition) is 0. The SMILES string of the molecule is CC(C)=CCCC(C)=CCC/C(C)=C/C=[N+]([O-])C(C)C. The molecule has 0 aromatic rings. The average molecular weight is 277 g/mol. The predicted octanol–water partition coefficient (Wildman–Crippen LogP) is 5.40. The van der Waals surface area contributed by atoms with Crippen molar-refractivity contribution in [1.82, 2.24) is 0 Å². The van der Waals surface area contributed by atoms with Crippen molar-refractivity contribution < 1.29 is 4.74 Å². The summed E-state index contributed by atoms with van der Waals surface area (Å²) in [6.45, 7) is 12.3. The minimum atomic E-state index is 0.0104. The van der Waals surface area contributed by atoms with Crippen molar-refractivity contribution in [3.63, 3.8) is 0 Å². The van der Waals surface area contributed by atoms with Gasteiger partial charge in [-0.25, -0.2) is 4.74 Å². The van der Waals surface area contributed by atoms with E-state index in [4.69, 9.17) is 0 Å². The summed E-state index contributed by atoms with van der Waals surface area (Å²) >= 11 is 0. The summed E-state index contributed by atoms with van der Waals surface area (Å²) in [5.74, 6) is 0. The molecule has 0 aromatic carbocycles. The van der Waals surface area contributed by atoms with Crippen molar-refractivity contribution >= 4 is 6.21 Å². The van der Waals surface area contributed by atoms with Crippen LogP contribution < -0.4 is 0 Å². The van der Waals surface area contributed by atoms with Gasteiger partial charge >= 0.3 is 0 Å². The van der Waals surface area contributed by atoms with Crippen molar-refractivity contribution in [1.29, 1.82) is 0 Å². The summed E-state index contributed by atoms with van der Waals surface area (Å²) < 4.78 is 0.990. The zero-order valence-corrected chi connectivity index (χ0v) is 14.1. The lowest BCUT2D eigenvalue weighted by atomic mass is 10.1. The quantitative estimate of drug-likeness (QED) is 0.192. The molecule has 114 valence electrons. The van der Waals surface area contributed by atoms with E-state index in [1.54, 1.807) is 6.21 Å². The Kier molecular flexibility index (Phi) is 9.79. The van der Waals surface area contributed by atoms with E-state index in [1.165, 1.54) is 16.7 Å². The third-order valence-electron chi connectivity index (χ3n) is 3.14. The van der Waals surface area contributed by atoms with Crippen LogP contribution in [-0.2, 0) is 0 Å². The molecular formula is C18H31NO. The first-order valence-corrected chi connectivity index (χ1v) is 7.58. The number of hydroxylamine groups is 1. The lowest BCUT2D eigenvalue weighted by Gasteiger charge is -2.05. The highest BCUT2D eigenvalue weighted by molar-refractivity contribution is 5.67. The van der Waals surface area contributed by atoms with Gasteiger partial charge in [-0.1, -0.05) is 28.9 Å². The van der Waals surface area contributed by atoms with Gasteiger partial charge in [0.25, 0.3) is 0 Å². The summed E-state index contributed by atoms with van der Waals surface area (Å²) in [4.78, 5) is 0. The highest BCUT2D eigenvalue weighted by Crippen LogP contribution is 2.11. The second-order valence-corrected chi connectivity index (χ2v) is 6.03. The van der Waals surface area contributed by atoms with Gasteiger partial charge in [-0.05, 0) is 67.2 Å². The third-order valence-corrected chi connectivity index (χ3v) is 3.14. The molecule has 0 atom stereocenters. The van der Waals surface area contributed by atoms with Gasteiger partial charge in [0, 0.05) is 6.08 Å². The van der Waals surface area contributed by atoms with Crippen molar-refractivity contribution in [2.45, 2.75) is 73.3 Å². The first kappa shape index (κ1) is 18.7. The largest absolute Gasteiger partial charge is 0.624 e. The normalized spacial score (nSPS) is 13.8.